The lowest BCUT2D eigenvalue weighted by Crippen LogP contribution is -2.21. The Kier molecular flexibility index (Phi) is 3.59. The lowest BCUT2D eigenvalue weighted by atomic mass is 9.95. The van der Waals surface area contributed by atoms with Gasteiger partial charge in [0, 0.05) is 19.7 Å². The van der Waals surface area contributed by atoms with E-state index in [-0.39, 0.29) is 6.10 Å². The summed E-state index contributed by atoms with van der Waals surface area (Å²) in [5.41, 5.74) is 0.898. The second kappa shape index (κ2) is 4.95. The van der Waals surface area contributed by atoms with Gasteiger partial charge in [0.25, 0.3) is 0 Å². The predicted octanol–water partition coefficient (Wildman–Crippen LogP) is 1.54. The second-order valence-corrected chi connectivity index (χ2v) is 5.00. The molecule has 3 unspecified atom stereocenters. The van der Waals surface area contributed by atoms with Crippen LogP contribution < -0.4 is 0 Å². The highest BCUT2D eigenvalue weighted by Gasteiger charge is 2.29. The summed E-state index contributed by atoms with van der Waals surface area (Å²) >= 11 is 0. The van der Waals surface area contributed by atoms with Gasteiger partial charge >= 0.3 is 0 Å². The molecule has 2 rings (SSSR count). The first kappa shape index (κ1) is 11.6. The van der Waals surface area contributed by atoms with Gasteiger partial charge in [0.15, 0.2) is 0 Å². The van der Waals surface area contributed by atoms with E-state index in [1.165, 1.54) is 25.7 Å². The number of aliphatic hydroxyl groups excluding tert-OH is 1. The molecular weight excluding hydrogens is 202 g/mol. The molecular formula is C12H21N3O. The Morgan fingerprint density at radius 2 is 2.38 bits per heavy atom. The summed E-state index contributed by atoms with van der Waals surface area (Å²) < 4.78 is 1.69. The molecule has 4 heteroatoms. The fourth-order valence-electron chi connectivity index (χ4n) is 2.70. The number of aromatic nitrogens is 3. The van der Waals surface area contributed by atoms with Gasteiger partial charge in [-0.05, 0) is 24.7 Å². The maximum absolute atomic E-state index is 10.1. The molecule has 1 aromatic rings. The molecule has 0 spiro atoms. The lowest BCUT2D eigenvalue weighted by Gasteiger charge is -2.16. The van der Waals surface area contributed by atoms with E-state index >= 15 is 0 Å². The molecule has 1 aliphatic rings. The Hall–Kier alpha value is -0.900. The SMILES string of the molecule is CCC1CCC(C(O)Cc2cn(C)nn2)C1. The first-order chi connectivity index (χ1) is 7.69. The fourth-order valence-corrected chi connectivity index (χ4v) is 2.70. The zero-order valence-electron chi connectivity index (χ0n) is 10.1. The van der Waals surface area contributed by atoms with Gasteiger partial charge in [0.1, 0.15) is 0 Å². The van der Waals surface area contributed by atoms with Crippen LogP contribution in [0.25, 0.3) is 0 Å². The highest BCUT2D eigenvalue weighted by molar-refractivity contribution is 4.96. The average molecular weight is 223 g/mol. The molecule has 0 bridgehead atoms. The minimum absolute atomic E-state index is 0.242. The molecule has 1 N–H and O–H groups in total. The number of hydrogen-bond donors (Lipinski definition) is 1. The summed E-state index contributed by atoms with van der Waals surface area (Å²) in [7, 11) is 1.85. The number of nitrogens with zero attached hydrogens (tertiary/aromatic N) is 3. The van der Waals surface area contributed by atoms with Crippen LogP contribution in [-0.2, 0) is 13.5 Å². The van der Waals surface area contributed by atoms with Crippen molar-refractivity contribution in [1.29, 1.82) is 0 Å². The Labute approximate surface area is 96.7 Å². The van der Waals surface area contributed by atoms with Crippen molar-refractivity contribution in [2.45, 2.75) is 45.1 Å². The highest BCUT2D eigenvalue weighted by Crippen LogP contribution is 2.35. The molecule has 0 saturated heterocycles. The zero-order chi connectivity index (χ0) is 11.5. The van der Waals surface area contributed by atoms with Crippen molar-refractivity contribution in [3.63, 3.8) is 0 Å². The maximum atomic E-state index is 10.1. The van der Waals surface area contributed by atoms with Gasteiger partial charge in [-0.25, -0.2) is 0 Å². The molecule has 1 fully saturated rings. The molecule has 1 aliphatic carbocycles. The van der Waals surface area contributed by atoms with Gasteiger partial charge < -0.3 is 5.11 Å². The van der Waals surface area contributed by atoms with Crippen molar-refractivity contribution >= 4 is 0 Å². The van der Waals surface area contributed by atoms with E-state index in [0.717, 1.165) is 11.6 Å². The monoisotopic (exact) mass is 223 g/mol. The number of hydrogen-bond acceptors (Lipinski definition) is 3. The Balaban J connectivity index is 1.86. The summed E-state index contributed by atoms with van der Waals surface area (Å²) in [5.74, 6) is 1.29. The number of aryl methyl sites for hydroxylation is 1. The average Bonchev–Trinajstić information content (AvgIpc) is 2.87. The summed E-state index contributed by atoms with van der Waals surface area (Å²) in [6.45, 7) is 2.24. The van der Waals surface area contributed by atoms with Crippen LogP contribution in [0.5, 0.6) is 0 Å². The predicted molar refractivity (Wildman–Crippen MR) is 61.8 cm³/mol. The van der Waals surface area contributed by atoms with Crippen molar-refractivity contribution in [2.75, 3.05) is 0 Å². The summed E-state index contributed by atoms with van der Waals surface area (Å²) in [4.78, 5) is 0. The molecule has 0 aromatic carbocycles. The van der Waals surface area contributed by atoms with Crippen LogP contribution in [0.15, 0.2) is 6.20 Å². The largest absolute Gasteiger partial charge is 0.392 e. The Morgan fingerprint density at radius 3 is 2.94 bits per heavy atom. The normalized spacial score (nSPS) is 27.2. The third kappa shape index (κ3) is 2.61. The zero-order valence-corrected chi connectivity index (χ0v) is 10.1. The smallest absolute Gasteiger partial charge is 0.0852 e. The molecule has 4 nitrogen and oxygen atoms in total. The Bertz CT molecular complexity index is 337. The van der Waals surface area contributed by atoms with Gasteiger partial charge in [-0.2, -0.15) is 0 Å². The van der Waals surface area contributed by atoms with E-state index in [1.807, 2.05) is 13.2 Å². The number of rotatable bonds is 4. The first-order valence-electron chi connectivity index (χ1n) is 6.22. The molecule has 1 saturated carbocycles. The van der Waals surface area contributed by atoms with Crippen LogP contribution in [-0.4, -0.2) is 26.2 Å². The minimum Gasteiger partial charge on any atom is -0.392 e. The van der Waals surface area contributed by atoms with Gasteiger partial charge in [-0.1, -0.05) is 25.0 Å². The van der Waals surface area contributed by atoms with E-state index in [1.54, 1.807) is 4.68 Å². The fraction of sp³-hybridized carbons (Fsp3) is 0.833. The van der Waals surface area contributed by atoms with Gasteiger partial charge in [-0.15, -0.1) is 5.10 Å². The van der Waals surface area contributed by atoms with Crippen molar-refractivity contribution in [2.24, 2.45) is 18.9 Å². The van der Waals surface area contributed by atoms with Crippen molar-refractivity contribution in [3.8, 4) is 0 Å². The first-order valence-corrected chi connectivity index (χ1v) is 6.22. The van der Waals surface area contributed by atoms with E-state index in [9.17, 15) is 5.11 Å². The van der Waals surface area contributed by atoms with E-state index in [4.69, 9.17) is 0 Å². The van der Waals surface area contributed by atoms with Crippen LogP contribution in [0.2, 0.25) is 0 Å². The summed E-state index contributed by atoms with van der Waals surface area (Å²) in [5, 5.41) is 18.1. The van der Waals surface area contributed by atoms with Crippen LogP contribution >= 0.6 is 0 Å². The molecule has 3 atom stereocenters. The van der Waals surface area contributed by atoms with Crippen molar-refractivity contribution in [3.05, 3.63) is 11.9 Å². The van der Waals surface area contributed by atoms with E-state index in [2.05, 4.69) is 17.2 Å². The van der Waals surface area contributed by atoms with Gasteiger partial charge in [0.05, 0.1) is 11.8 Å². The highest BCUT2D eigenvalue weighted by atomic mass is 16.3. The van der Waals surface area contributed by atoms with Gasteiger partial charge in [-0.3, -0.25) is 4.68 Å². The molecule has 90 valence electrons. The summed E-state index contributed by atoms with van der Waals surface area (Å²) in [6, 6.07) is 0. The topological polar surface area (TPSA) is 50.9 Å². The van der Waals surface area contributed by atoms with Crippen LogP contribution in [0, 0.1) is 11.8 Å². The third-order valence-electron chi connectivity index (χ3n) is 3.77. The second-order valence-electron chi connectivity index (χ2n) is 5.00. The van der Waals surface area contributed by atoms with Crippen LogP contribution in [0.4, 0.5) is 0 Å². The minimum atomic E-state index is -0.242. The molecule has 0 aliphatic heterocycles. The molecule has 0 radical (unpaired) electrons. The van der Waals surface area contributed by atoms with Gasteiger partial charge in [0.2, 0.25) is 0 Å². The molecule has 1 aromatic heterocycles. The van der Waals surface area contributed by atoms with E-state index in [0.29, 0.717) is 12.3 Å². The maximum Gasteiger partial charge on any atom is 0.0852 e. The lowest BCUT2D eigenvalue weighted by molar-refractivity contribution is 0.107. The Morgan fingerprint density at radius 1 is 1.56 bits per heavy atom. The van der Waals surface area contributed by atoms with Crippen molar-refractivity contribution < 1.29 is 5.11 Å². The number of aliphatic hydroxyl groups is 1. The van der Waals surface area contributed by atoms with Crippen molar-refractivity contribution in [1.82, 2.24) is 15.0 Å². The molecule has 16 heavy (non-hydrogen) atoms. The van der Waals surface area contributed by atoms with Crippen LogP contribution in [0.3, 0.4) is 0 Å². The van der Waals surface area contributed by atoms with Crippen LogP contribution in [0.1, 0.15) is 38.3 Å². The summed E-state index contributed by atoms with van der Waals surface area (Å²) in [6.07, 6.45) is 7.16. The quantitative estimate of drug-likeness (QED) is 0.842. The molecule has 1 heterocycles. The molecule has 0 amide bonds. The van der Waals surface area contributed by atoms with E-state index < -0.39 is 0 Å². The standard InChI is InChI=1S/C12H21N3O/c1-3-9-4-5-10(6-9)12(16)7-11-8-15(2)14-13-11/h8-10,12,16H,3-7H2,1-2H3. The third-order valence-corrected chi connectivity index (χ3v) is 3.77.